The number of carbonyl (C=O) groups excluding carboxylic acids is 1. The summed E-state index contributed by atoms with van der Waals surface area (Å²) < 4.78 is 0. The Bertz CT molecular complexity index is 256. The third kappa shape index (κ3) is 3.54. The summed E-state index contributed by atoms with van der Waals surface area (Å²) in [6, 6.07) is 9.34. The Labute approximate surface area is 107 Å². The van der Waals surface area contributed by atoms with Gasteiger partial charge < -0.3 is 1.43 Å². The minimum absolute atomic E-state index is 0. The fourth-order valence-electron chi connectivity index (χ4n) is 0.778. The Morgan fingerprint density at radius 3 is 2.25 bits per heavy atom. The van der Waals surface area contributed by atoms with Crippen LogP contribution in [0.4, 0.5) is 0 Å². The van der Waals surface area contributed by atoms with Crippen LogP contribution < -0.4 is 29.6 Å². The first kappa shape index (κ1) is 12.6. The predicted molar refractivity (Wildman–Crippen MR) is 53.3 cm³/mol. The molecule has 12 heavy (non-hydrogen) atoms. The summed E-state index contributed by atoms with van der Waals surface area (Å²) in [6.45, 7) is 0. The van der Waals surface area contributed by atoms with E-state index in [1.807, 2.05) is 30.3 Å². The normalized spacial score (nSPS) is 11.5. The second kappa shape index (κ2) is 6.11. The molecular weight excluding hydrogens is 199 g/mol. The Hall–Kier alpha value is 0.590. The van der Waals surface area contributed by atoms with E-state index in [-0.39, 0.29) is 36.1 Å². The van der Waals surface area contributed by atoms with Crippen LogP contribution in [0, 0.1) is 0 Å². The average Bonchev–Trinajstić information content (AvgIpc) is 2.05. The van der Waals surface area contributed by atoms with Crippen molar-refractivity contribution in [3.63, 3.8) is 0 Å². The molecule has 0 fully saturated rings. The van der Waals surface area contributed by atoms with Gasteiger partial charge in [0.1, 0.15) is 0 Å². The topological polar surface area (TPSA) is 17.1 Å². The van der Waals surface area contributed by atoms with Gasteiger partial charge in [0.2, 0.25) is 5.12 Å². The summed E-state index contributed by atoms with van der Waals surface area (Å²) >= 11 is 7.78. The molecule has 60 valence electrons. The number of hydrogen-bond donors (Lipinski definition) is 2. The Morgan fingerprint density at radius 2 is 1.83 bits per heavy atom. The van der Waals surface area contributed by atoms with Crippen molar-refractivity contribution in [3.8, 4) is 0 Å². The molecule has 4 heteroatoms. The zero-order valence-corrected chi connectivity index (χ0v) is 10.6. The van der Waals surface area contributed by atoms with E-state index in [2.05, 4.69) is 25.3 Å². The molecule has 0 saturated heterocycles. The fourth-order valence-corrected chi connectivity index (χ4v) is 1.10. The summed E-state index contributed by atoms with van der Waals surface area (Å²) in [4.78, 5) is 10.7. The number of benzene rings is 1. The van der Waals surface area contributed by atoms with Gasteiger partial charge in [-0.25, -0.2) is 0 Å². The van der Waals surface area contributed by atoms with Crippen LogP contribution in [0.15, 0.2) is 30.3 Å². The number of rotatable bonds is 2. The molecule has 0 saturated carbocycles. The first-order valence-electron chi connectivity index (χ1n) is 3.17. The van der Waals surface area contributed by atoms with Crippen molar-refractivity contribution < 1.29 is 35.8 Å². The molecule has 1 unspecified atom stereocenters. The smallest absolute Gasteiger partial charge is 1.00 e. The van der Waals surface area contributed by atoms with Crippen molar-refractivity contribution in [1.29, 1.82) is 0 Å². The molecule has 1 nitrogen and oxygen atoms in total. The van der Waals surface area contributed by atoms with Crippen LogP contribution in [0.1, 0.15) is 12.2 Å². The third-order valence-corrected chi connectivity index (χ3v) is 2.34. The van der Waals surface area contributed by atoms with E-state index in [0.717, 1.165) is 5.56 Å². The molecule has 0 aromatic heterocycles. The fraction of sp³-hybridized carbons (Fsp3) is 0.125. The zero-order chi connectivity index (χ0) is 8.27. The molecule has 1 aromatic rings. The molecule has 0 spiro atoms. The van der Waals surface area contributed by atoms with Gasteiger partial charge in [0, 0.05) is 0 Å². The molecule has 0 bridgehead atoms. The third-order valence-electron chi connectivity index (χ3n) is 1.35. The van der Waals surface area contributed by atoms with Gasteiger partial charge in [-0.3, -0.25) is 4.79 Å². The summed E-state index contributed by atoms with van der Waals surface area (Å²) in [5, 5.41) is -0.626. The van der Waals surface area contributed by atoms with E-state index in [4.69, 9.17) is 0 Å². The average molecular weight is 208 g/mol. The maximum absolute atomic E-state index is 10.7. The van der Waals surface area contributed by atoms with Crippen molar-refractivity contribution in [3.05, 3.63) is 35.9 Å². The van der Waals surface area contributed by atoms with Crippen LogP contribution in [0.3, 0.4) is 0 Å². The van der Waals surface area contributed by atoms with Gasteiger partial charge in [-0.1, -0.05) is 30.3 Å². The second-order valence-corrected chi connectivity index (χ2v) is 3.11. The van der Waals surface area contributed by atoms with Crippen LogP contribution in [0.5, 0.6) is 0 Å². The van der Waals surface area contributed by atoms with Gasteiger partial charge in [-0.2, -0.15) is 12.6 Å². The van der Waals surface area contributed by atoms with E-state index in [0.29, 0.717) is 0 Å². The number of thiol groups is 2. The minimum Gasteiger partial charge on any atom is -1.00 e. The van der Waals surface area contributed by atoms with Crippen LogP contribution >= 0.6 is 25.3 Å². The molecule has 1 rings (SSSR count). The molecule has 0 heterocycles. The Kier molecular flexibility index (Phi) is 6.41. The van der Waals surface area contributed by atoms with Crippen LogP contribution in [0.25, 0.3) is 0 Å². The maximum Gasteiger partial charge on any atom is 1.00 e. The summed E-state index contributed by atoms with van der Waals surface area (Å²) in [7, 11) is 0. The van der Waals surface area contributed by atoms with Gasteiger partial charge in [0.05, 0.1) is 5.25 Å². The van der Waals surface area contributed by atoms with Crippen molar-refractivity contribution in [2.24, 2.45) is 0 Å². The van der Waals surface area contributed by atoms with Crippen molar-refractivity contribution >= 4 is 30.4 Å². The predicted octanol–water partition coefficient (Wildman–Crippen LogP) is -0.770. The summed E-state index contributed by atoms with van der Waals surface area (Å²) in [5.74, 6) is 0. The van der Waals surface area contributed by atoms with Gasteiger partial charge in [0.25, 0.3) is 0 Å². The van der Waals surface area contributed by atoms with Gasteiger partial charge in [-0.05, 0) is 5.56 Å². The van der Waals surface area contributed by atoms with Crippen molar-refractivity contribution in [2.45, 2.75) is 5.25 Å². The number of hydrogen-bond acceptors (Lipinski definition) is 2. The SMILES string of the molecule is O=C(S)C(S)c1ccccc1.[H-].[Na+]. The Morgan fingerprint density at radius 1 is 1.33 bits per heavy atom. The molecule has 0 aliphatic heterocycles. The molecule has 0 aliphatic carbocycles. The van der Waals surface area contributed by atoms with Crippen LogP contribution in [-0.4, -0.2) is 5.12 Å². The van der Waals surface area contributed by atoms with Crippen molar-refractivity contribution in [1.82, 2.24) is 0 Å². The van der Waals surface area contributed by atoms with Crippen LogP contribution in [0.2, 0.25) is 0 Å². The summed E-state index contributed by atoms with van der Waals surface area (Å²) in [5.41, 5.74) is 0.885. The summed E-state index contributed by atoms with van der Waals surface area (Å²) in [6.07, 6.45) is 0. The molecule has 1 atom stereocenters. The van der Waals surface area contributed by atoms with Crippen molar-refractivity contribution in [2.75, 3.05) is 0 Å². The molecule has 0 amide bonds. The first-order valence-corrected chi connectivity index (χ1v) is 4.14. The van der Waals surface area contributed by atoms with E-state index < -0.39 is 5.25 Å². The molecule has 0 radical (unpaired) electrons. The molecule has 0 aliphatic rings. The largest absolute Gasteiger partial charge is 1.00 e. The zero-order valence-electron chi connectivity index (χ0n) is 7.77. The first-order chi connectivity index (χ1) is 5.22. The van der Waals surface area contributed by atoms with E-state index in [1.165, 1.54) is 0 Å². The van der Waals surface area contributed by atoms with Crippen LogP contribution in [-0.2, 0) is 4.79 Å². The molecule has 1 aromatic carbocycles. The van der Waals surface area contributed by atoms with Gasteiger partial charge in [-0.15, -0.1) is 12.6 Å². The second-order valence-electron chi connectivity index (χ2n) is 2.15. The van der Waals surface area contributed by atoms with E-state index in [9.17, 15) is 4.79 Å². The standard InChI is InChI=1S/C8H8OS2.Na.H/c9-8(11)7(10)6-4-2-1-3-5-6;;/h1-5,7,10H,(H,9,11);;/q;+1;-1. The van der Waals surface area contributed by atoms with E-state index in [1.54, 1.807) is 0 Å². The van der Waals surface area contributed by atoms with Gasteiger partial charge >= 0.3 is 29.6 Å². The molecular formula is C8H9NaOS2. The monoisotopic (exact) mass is 208 g/mol. The molecule has 0 N–H and O–H groups in total. The number of carbonyl (C=O) groups is 1. The quantitative estimate of drug-likeness (QED) is 0.482. The minimum atomic E-state index is -0.403. The van der Waals surface area contributed by atoms with E-state index >= 15 is 0 Å². The maximum atomic E-state index is 10.7. The van der Waals surface area contributed by atoms with Gasteiger partial charge in [0.15, 0.2) is 0 Å². The Balaban J connectivity index is 0.